The van der Waals surface area contributed by atoms with Crippen LogP contribution in [0.1, 0.15) is 5.56 Å². The van der Waals surface area contributed by atoms with Gasteiger partial charge in [0.2, 0.25) is 0 Å². The summed E-state index contributed by atoms with van der Waals surface area (Å²) >= 11 is 0. The SMILES string of the molecule is C(=Nc1ccccc1)/C(=C\Nc1ccccc1)c1ccccc1. The molecule has 0 heterocycles. The molecule has 0 atom stereocenters. The summed E-state index contributed by atoms with van der Waals surface area (Å²) in [6, 6.07) is 30.3. The number of anilines is 1. The largest absolute Gasteiger partial charge is 0.361 e. The number of aliphatic imine (C=N–C) groups is 1. The molecule has 0 radical (unpaired) electrons. The zero-order chi connectivity index (χ0) is 15.7. The van der Waals surface area contributed by atoms with E-state index in [4.69, 9.17) is 0 Å². The molecule has 3 aromatic carbocycles. The van der Waals surface area contributed by atoms with E-state index in [9.17, 15) is 0 Å². The molecule has 2 nitrogen and oxygen atoms in total. The molecule has 0 unspecified atom stereocenters. The maximum atomic E-state index is 4.56. The first-order valence-corrected chi connectivity index (χ1v) is 7.58. The van der Waals surface area contributed by atoms with Crippen LogP contribution in [0.3, 0.4) is 0 Å². The summed E-state index contributed by atoms with van der Waals surface area (Å²) in [6.45, 7) is 0. The molecule has 1 N–H and O–H groups in total. The Hall–Kier alpha value is -3.13. The van der Waals surface area contributed by atoms with E-state index < -0.39 is 0 Å². The highest BCUT2D eigenvalue weighted by atomic mass is 14.8. The third-order valence-electron chi connectivity index (χ3n) is 3.38. The number of nitrogens with zero attached hydrogens (tertiary/aromatic N) is 1. The normalized spacial score (nSPS) is 11.6. The molecule has 0 aliphatic heterocycles. The lowest BCUT2D eigenvalue weighted by Crippen LogP contribution is -1.93. The van der Waals surface area contributed by atoms with Gasteiger partial charge in [-0.2, -0.15) is 0 Å². The Morgan fingerprint density at radius 1 is 0.696 bits per heavy atom. The van der Waals surface area contributed by atoms with Crippen LogP contribution in [0, 0.1) is 0 Å². The highest BCUT2D eigenvalue weighted by Gasteiger charge is 1.98. The van der Waals surface area contributed by atoms with Gasteiger partial charge < -0.3 is 5.32 Å². The van der Waals surface area contributed by atoms with Crippen LogP contribution < -0.4 is 5.32 Å². The van der Waals surface area contributed by atoms with Gasteiger partial charge in [-0.15, -0.1) is 0 Å². The number of nitrogens with one attached hydrogen (secondary N) is 1. The standard InChI is InChI=1S/C21H18N2/c1-4-10-18(11-5-1)19(16-22-20-12-6-2-7-13-20)17-23-21-14-8-3-9-15-21/h1-17,22H/b19-16+,23-17?. The van der Waals surface area contributed by atoms with Crippen LogP contribution in [0.4, 0.5) is 11.4 Å². The first kappa shape index (κ1) is 14.8. The van der Waals surface area contributed by atoms with Gasteiger partial charge in [0.25, 0.3) is 0 Å². The quantitative estimate of drug-likeness (QED) is 0.614. The summed E-state index contributed by atoms with van der Waals surface area (Å²) in [5, 5.41) is 3.33. The third kappa shape index (κ3) is 4.42. The lowest BCUT2D eigenvalue weighted by molar-refractivity contribution is 1.53. The predicted molar refractivity (Wildman–Crippen MR) is 99.1 cm³/mol. The van der Waals surface area contributed by atoms with E-state index in [1.165, 1.54) is 0 Å². The van der Waals surface area contributed by atoms with E-state index in [1.807, 2.05) is 91.3 Å². The average Bonchev–Trinajstić information content (AvgIpc) is 2.64. The summed E-state index contributed by atoms with van der Waals surface area (Å²) in [6.07, 6.45) is 3.87. The third-order valence-corrected chi connectivity index (χ3v) is 3.38. The van der Waals surface area contributed by atoms with Crippen molar-refractivity contribution in [1.29, 1.82) is 0 Å². The Morgan fingerprint density at radius 3 is 1.91 bits per heavy atom. The number of para-hydroxylation sites is 2. The van der Waals surface area contributed by atoms with E-state index in [-0.39, 0.29) is 0 Å². The fraction of sp³-hybridized carbons (Fsp3) is 0. The Kier molecular flexibility index (Phi) is 4.99. The Labute approximate surface area is 136 Å². The highest BCUT2D eigenvalue weighted by molar-refractivity contribution is 6.10. The van der Waals surface area contributed by atoms with Crippen molar-refractivity contribution in [2.75, 3.05) is 5.32 Å². The van der Waals surface area contributed by atoms with E-state index in [1.54, 1.807) is 0 Å². The van der Waals surface area contributed by atoms with Gasteiger partial charge in [-0.1, -0.05) is 66.7 Å². The zero-order valence-corrected chi connectivity index (χ0v) is 12.8. The molecular weight excluding hydrogens is 280 g/mol. The number of hydrogen-bond donors (Lipinski definition) is 1. The summed E-state index contributed by atoms with van der Waals surface area (Å²) in [4.78, 5) is 4.56. The average molecular weight is 298 g/mol. The highest BCUT2D eigenvalue weighted by Crippen LogP contribution is 2.16. The topological polar surface area (TPSA) is 24.4 Å². The van der Waals surface area contributed by atoms with Gasteiger partial charge in [-0.25, -0.2) is 0 Å². The molecular formula is C21H18N2. The Balaban J connectivity index is 1.86. The summed E-state index contributed by atoms with van der Waals surface area (Å²) in [5.74, 6) is 0. The van der Waals surface area contributed by atoms with E-state index >= 15 is 0 Å². The van der Waals surface area contributed by atoms with Crippen LogP contribution in [0.2, 0.25) is 0 Å². The van der Waals surface area contributed by atoms with Crippen LogP contribution in [0.15, 0.2) is 102 Å². The summed E-state index contributed by atoms with van der Waals surface area (Å²) < 4.78 is 0. The minimum Gasteiger partial charge on any atom is -0.361 e. The van der Waals surface area contributed by atoms with Crippen molar-refractivity contribution >= 4 is 23.2 Å². The second-order valence-electron chi connectivity index (χ2n) is 5.07. The van der Waals surface area contributed by atoms with Crippen molar-refractivity contribution in [3.63, 3.8) is 0 Å². The van der Waals surface area contributed by atoms with Crippen LogP contribution in [0.5, 0.6) is 0 Å². The van der Waals surface area contributed by atoms with E-state index in [2.05, 4.69) is 22.4 Å². The molecule has 3 aromatic rings. The van der Waals surface area contributed by atoms with Gasteiger partial charge in [-0.3, -0.25) is 4.99 Å². The molecule has 0 aliphatic carbocycles. The molecule has 0 saturated carbocycles. The molecule has 3 rings (SSSR count). The first-order valence-electron chi connectivity index (χ1n) is 7.58. The Morgan fingerprint density at radius 2 is 1.26 bits per heavy atom. The molecule has 0 bridgehead atoms. The lowest BCUT2D eigenvalue weighted by Gasteiger charge is -2.05. The number of benzene rings is 3. The van der Waals surface area contributed by atoms with Gasteiger partial charge in [0.15, 0.2) is 0 Å². The van der Waals surface area contributed by atoms with Crippen molar-refractivity contribution in [2.24, 2.45) is 4.99 Å². The molecule has 2 heteroatoms. The van der Waals surface area contributed by atoms with E-state index in [0.717, 1.165) is 22.5 Å². The van der Waals surface area contributed by atoms with Gasteiger partial charge in [0, 0.05) is 23.7 Å². The Bertz CT molecular complexity index is 776. The minimum atomic E-state index is 0.939. The fourth-order valence-electron chi connectivity index (χ4n) is 2.18. The summed E-state index contributed by atoms with van der Waals surface area (Å²) in [5.41, 5.74) is 4.14. The van der Waals surface area contributed by atoms with Gasteiger partial charge >= 0.3 is 0 Å². The predicted octanol–water partition coefficient (Wildman–Crippen LogP) is 5.54. The second-order valence-corrected chi connectivity index (χ2v) is 5.07. The zero-order valence-electron chi connectivity index (χ0n) is 12.8. The number of allylic oxidation sites excluding steroid dienone is 1. The van der Waals surface area contributed by atoms with Crippen molar-refractivity contribution in [1.82, 2.24) is 0 Å². The van der Waals surface area contributed by atoms with E-state index in [0.29, 0.717) is 0 Å². The van der Waals surface area contributed by atoms with Gasteiger partial charge in [0.1, 0.15) is 0 Å². The van der Waals surface area contributed by atoms with Crippen molar-refractivity contribution in [2.45, 2.75) is 0 Å². The fourth-order valence-corrected chi connectivity index (χ4v) is 2.18. The molecule has 0 fully saturated rings. The molecule has 0 aliphatic rings. The molecule has 0 spiro atoms. The van der Waals surface area contributed by atoms with Crippen molar-refractivity contribution < 1.29 is 0 Å². The van der Waals surface area contributed by atoms with Gasteiger partial charge in [0.05, 0.1) is 5.69 Å². The molecule has 23 heavy (non-hydrogen) atoms. The molecule has 0 saturated heterocycles. The van der Waals surface area contributed by atoms with Crippen molar-refractivity contribution in [3.8, 4) is 0 Å². The first-order chi connectivity index (χ1) is 11.4. The molecule has 0 amide bonds. The lowest BCUT2D eigenvalue weighted by atomic mass is 10.1. The van der Waals surface area contributed by atoms with Gasteiger partial charge in [-0.05, 0) is 29.8 Å². The van der Waals surface area contributed by atoms with Crippen LogP contribution in [-0.2, 0) is 0 Å². The van der Waals surface area contributed by atoms with Crippen molar-refractivity contribution in [3.05, 3.63) is 103 Å². The van der Waals surface area contributed by atoms with Crippen LogP contribution >= 0.6 is 0 Å². The maximum Gasteiger partial charge on any atom is 0.0629 e. The minimum absolute atomic E-state index is 0.939. The number of rotatable bonds is 5. The monoisotopic (exact) mass is 298 g/mol. The maximum absolute atomic E-state index is 4.56. The molecule has 112 valence electrons. The molecule has 0 aromatic heterocycles. The van der Waals surface area contributed by atoms with Crippen LogP contribution in [0.25, 0.3) is 5.57 Å². The number of hydrogen-bond acceptors (Lipinski definition) is 2. The van der Waals surface area contributed by atoms with Crippen LogP contribution in [-0.4, -0.2) is 6.21 Å². The smallest absolute Gasteiger partial charge is 0.0629 e. The second kappa shape index (κ2) is 7.76. The summed E-state index contributed by atoms with van der Waals surface area (Å²) in [7, 11) is 0.